The van der Waals surface area contributed by atoms with E-state index >= 15 is 4.39 Å². The van der Waals surface area contributed by atoms with Gasteiger partial charge in [0.15, 0.2) is 11.4 Å². The Morgan fingerprint density at radius 2 is 1.45 bits per heavy atom. The number of furan rings is 1. The summed E-state index contributed by atoms with van der Waals surface area (Å²) < 4.78 is 24.0. The Morgan fingerprint density at radius 3 is 2.17 bits per heavy atom. The van der Waals surface area contributed by atoms with Gasteiger partial charge < -0.3 is 8.98 Å². The summed E-state index contributed by atoms with van der Waals surface area (Å²) in [5.74, 6) is 0.938. The Hall–Kier alpha value is -4.05. The second-order valence-electron chi connectivity index (χ2n) is 11.2. The molecule has 0 saturated carbocycles. The number of halogens is 1. The first kappa shape index (κ1) is 28.1. The number of fused-ring (bicyclic) bond motifs is 4. The predicted octanol–water partition coefficient (Wildman–Crippen LogP) is 10.4. The maximum atomic E-state index is 15.3. The Kier molecular flexibility index (Phi) is 7.34. The fourth-order valence-electron chi connectivity index (χ4n) is 6.03. The van der Waals surface area contributed by atoms with Crippen LogP contribution in [0.1, 0.15) is 50.7 Å². The molecule has 5 aromatic carbocycles. The smallest absolute Gasteiger partial charge is 0.165 e. The van der Waals surface area contributed by atoms with E-state index in [4.69, 9.17) is 9.40 Å². The molecule has 0 amide bonds. The zero-order valence-corrected chi connectivity index (χ0v) is 26.3. The van der Waals surface area contributed by atoms with Crippen LogP contribution >= 0.6 is 0 Å². The topological polar surface area (TPSA) is 31.0 Å². The Labute approximate surface area is 258 Å². The molecule has 0 N–H and O–H groups in total. The third-order valence-electron chi connectivity index (χ3n) is 7.97. The molecule has 211 valence electrons. The molecule has 5 heteroatoms. The van der Waals surface area contributed by atoms with Crippen molar-refractivity contribution in [1.29, 1.82) is 0 Å². The van der Waals surface area contributed by atoms with Crippen molar-refractivity contribution in [2.45, 2.75) is 39.5 Å². The summed E-state index contributed by atoms with van der Waals surface area (Å²) in [6.45, 7) is 8.90. The van der Waals surface area contributed by atoms with Gasteiger partial charge in [-0.2, -0.15) is 0 Å². The van der Waals surface area contributed by atoms with Gasteiger partial charge in [0.05, 0.1) is 22.4 Å². The standard InChI is InChI=1S/C37H30FN2O.Ir/c1-22(2)25-14-10-15-26(23(3)4)34(25)40-32-19-9-8-18-31(32)39-37(40)29-17-11-16-28-33-27(24-12-6-5-7-13-24)20-21-30(38)36(33)41-35(28)29;/h5-16,18-23H,1-4H3;/q-1;. The molecule has 7 rings (SSSR count). The van der Waals surface area contributed by atoms with E-state index in [2.05, 4.69) is 62.6 Å². The van der Waals surface area contributed by atoms with Crippen LogP contribution in [0.5, 0.6) is 0 Å². The van der Waals surface area contributed by atoms with E-state index < -0.39 is 0 Å². The van der Waals surface area contributed by atoms with Gasteiger partial charge in [-0.1, -0.05) is 105 Å². The minimum absolute atomic E-state index is 0. The molecule has 0 fully saturated rings. The zero-order chi connectivity index (χ0) is 28.2. The van der Waals surface area contributed by atoms with Crippen LogP contribution in [0, 0.1) is 11.9 Å². The van der Waals surface area contributed by atoms with Crippen LogP contribution in [-0.2, 0) is 20.1 Å². The van der Waals surface area contributed by atoms with Gasteiger partial charge in [0, 0.05) is 31.2 Å². The summed E-state index contributed by atoms with van der Waals surface area (Å²) in [6.07, 6.45) is 0. The van der Waals surface area contributed by atoms with Crippen LogP contribution in [0.2, 0.25) is 0 Å². The first-order chi connectivity index (χ1) is 19.9. The molecule has 0 unspecified atom stereocenters. The maximum Gasteiger partial charge on any atom is 0.165 e. The normalized spacial score (nSPS) is 11.7. The molecule has 3 nitrogen and oxygen atoms in total. The molecule has 7 aromatic rings. The van der Waals surface area contributed by atoms with Crippen molar-refractivity contribution >= 4 is 33.0 Å². The first-order valence-electron chi connectivity index (χ1n) is 14.2. The van der Waals surface area contributed by atoms with Gasteiger partial charge >= 0.3 is 0 Å². The number of nitrogens with zero attached hydrogens (tertiary/aromatic N) is 2. The van der Waals surface area contributed by atoms with Crippen LogP contribution in [0.4, 0.5) is 4.39 Å². The van der Waals surface area contributed by atoms with Crippen molar-refractivity contribution in [3.05, 3.63) is 120 Å². The summed E-state index contributed by atoms with van der Waals surface area (Å²) >= 11 is 0. The van der Waals surface area contributed by atoms with E-state index in [1.54, 1.807) is 0 Å². The number of benzene rings is 5. The second-order valence-corrected chi connectivity index (χ2v) is 11.2. The van der Waals surface area contributed by atoms with Gasteiger partial charge in [-0.25, -0.2) is 4.39 Å². The van der Waals surface area contributed by atoms with Crippen molar-refractivity contribution in [1.82, 2.24) is 9.55 Å². The monoisotopic (exact) mass is 730 g/mol. The van der Waals surface area contributed by atoms with E-state index in [1.807, 2.05) is 66.7 Å². The molecule has 0 atom stereocenters. The molecule has 0 bridgehead atoms. The molecule has 0 spiro atoms. The van der Waals surface area contributed by atoms with Crippen LogP contribution in [0.3, 0.4) is 0 Å². The van der Waals surface area contributed by atoms with Crippen LogP contribution in [0.15, 0.2) is 101 Å². The van der Waals surface area contributed by atoms with Crippen LogP contribution in [0.25, 0.3) is 61.2 Å². The fourth-order valence-corrected chi connectivity index (χ4v) is 6.03. The number of aromatic nitrogens is 2. The third kappa shape index (κ3) is 4.40. The van der Waals surface area contributed by atoms with Crippen LogP contribution in [-0.4, -0.2) is 9.55 Å². The molecule has 1 radical (unpaired) electrons. The van der Waals surface area contributed by atoms with Crippen molar-refractivity contribution in [3.8, 4) is 28.2 Å². The van der Waals surface area contributed by atoms with Gasteiger partial charge in [0.2, 0.25) is 0 Å². The Balaban J connectivity index is 0.00000316. The minimum Gasteiger partial charge on any atom is -0.497 e. The van der Waals surface area contributed by atoms with E-state index in [-0.39, 0.29) is 31.5 Å². The summed E-state index contributed by atoms with van der Waals surface area (Å²) in [4.78, 5) is 5.16. The number of hydrogen-bond donors (Lipinski definition) is 0. The number of para-hydroxylation sites is 3. The summed E-state index contributed by atoms with van der Waals surface area (Å²) in [5.41, 5.74) is 8.99. The number of imidazole rings is 1. The van der Waals surface area contributed by atoms with E-state index in [0.29, 0.717) is 23.0 Å². The second kappa shape index (κ2) is 11.0. The van der Waals surface area contributed by atoms with Gasteiger partial charge in [-0.15, -0.1) is 18.2 Å². The number of hydrogen-bond acceptors (Lipinski definition) is 2. The maximum absolute atomic E-state index is 15.3. The molecule has 2 aromatic heterocycles. The summed E-state index contributed by atoms with van der Waals surface area (Å²) in [6, 6.07) is 35.4. The average molecular weight is 730 g/mol. The fraction of sp³-hybridized carbons (Fsp3) is 0.162. The molecule has 0 aliphatic carbocycles. The van der Waals surface area contributed by atoms with Crippen molar-refractivity contribution in [2.75, 3.05) is 0 Å². The van der Waals surface area contributed by atoms with Crippen molar-refractivity contribution < 1.29 is 28.9 Å². The van der Waals surface area contributed by atoms with Gasteiger partial charge in [-0.05, 0) is 52.3 Å². The summed E-state index contributed by atoms with van der Waals surface area (Å²) in [5, 5.41) is 1.60. The molecular weight excluding hydrogens is 700 g/mol. The average Bonchev–Trinajstić information content (AvgIpc) is 3.57. The van der Waals surface area contributed by atoms with E-state index in [1.165, 1.54) is 17.2 Å². The molecule has 2 heterocycles. The zero-order valence-electron chi connectivity index (χ0n) is 23.9. The Morgan fingerprint density at radius 1 is 0.762 bits per heavy atom. The van der Waals surface area contributed by atoms with Gasteiger partial charge in [0.1, 0.15) is 0 Å². The molecule has 42 heavy (non-hydrogen) atoms. The van der Waals surface area contributed by atoms with Crippen molar-refractivity contribution in [2.24, 2.45) is 0 Å². The van der Waals surface area contributed by atoms with Crippen LogP contribution < -0.4 is 0 Å². The summed E-state index contributed by atoms with van der Waals surface area (Å²) in [7, 11) is 0. The minimum atomic E-state index is -0.386. The Bertz CT molecular complexity index is 2050. The van der Waals surface area contributed by atoms with E-state index in [0.717, 1.165) is 44.4 Å². The largest absolute Gasteiger partial charge is 0.497 e. The molecule has 0 aliphatic rings. The van der Waals surface area contributed by atoms with Gasteiger partial charge in [-0.3, -0.25) is 4.98 Å². The van der Waals surface area contributed by atoms with Crippen molar-refractivity contribution in [3.63, 3.8) is 0 Å². The third-order valence-corrected chi connectivity index (χ3v) is 7.97. The van der Waals surface area contributed by atoms with E-state index in [9.17, 15) is 0 Å². The molecule has 0 aliphatic heterocycles. The SMILES string of the molecule is CC(C)c1cccc(C(C)C)c1-n1c(-c2[c-]ccc3c2oc2c(F)ccc(-c4ccccc4)c23)nc2ccccc21.[Ir]. The molecule has 0 saturated heterocycles. The quantitative estimate of drug-likeness (QED) is 0.165. The first-order valence-corrected chi connectivity index (χ1v) is 14.2. The number of rotatable bonds is 5. The predicted molar refractivity (Wildman–Crippen MR) is 166 cm³/mol. The van der Waals surface area contributed by atoms with Gasteiger partial charge in [0.25, 0.3) is 0 Å². The molecular formula is C37H30FIrN2O-.